The maximum atomic E-state index is 15.0. The third-order valence-electron chi connectivity index (χ3n) is 5.81. The zero-order valence-corrected chi connectivity index (χ0v) is 19.4. The van der Waals surface area contributed by atoms with Crippen LogP contribution < -0.4 is 25.2 Å². The first kappa shape index (κ1) is 25.2. The van der Waals surface area contributed by atoms with Gasteiger partial charge < -0.3 is 29.0 Å². The fourth-order valence-electron chi connectivity index (χ4n) is 4.12. The van der Waals surface area contributed by atoms with E-state index in [9.17, 15) is 23.2 Å². The molecule has 1 aromatic heterocycles. The average molecular weight is 479 g/mol. The van der Waals surface area contributed by atoms with Crippen molar-refractivity contribution in [2.75, 3.05) is 45.9 Å². The number of hydrogen-bond donors (Lipinski definition) is 1. The summed E-state index contributed by atoms with van der Waals surface area (Å²) < 4.78 is 46.6. The Labute approximate surface area is 195 Å². The predicted molar refractivity (Wildman–Crippen MR) is 119 cm³/mol. The topological polar surface area (TPSA) is 99.1 Å². The van der Waals surface area contributed by atoms with E-state index in [4.69, 9.17) is 14.2 Å². The molecule has 1 aromatic carbocycles. The molecule has 2 aromatic rings. The second-order valence-corrected chi connectivity index (χ2v) is 7.83. The minimum Gasteiger partial charge on any atom is -0.497 e. The molecule has 2 amide bonds. The summed E-state index contributed by atoms with van der Waals surface area (Å²) in [6.45, 7) is 1.41. The van der Waals surface area contributed by atoms with Crippen LogP contribution in [0.15, 0.2) is 29.2 Å². The predicted octanol–water partition coefficient (Wildman–Crippen LogP) is 1.67. The van der Waals surface area contributed by atoms with Crippen LogP contribution >= 0.6 is 0 Å². The lowest BCUT2D eigenvalue weighted by Gasteiger charge is -2.20. The normalized spacial score (nSPS) is 17.7. The summed E-state index contributed by atoms with van der Waals surface area (Å²) >= 11 is 0. The Hall–Kier alpha value is -3.47. The van der Waals surface area contributed by atoms with Crippen LogP contribution in [-0.2, 0) is 20.9 Å². The van der Waals surface area contributed by atoms with E-state index in [2.05, 4.69) is 5.32 Å². The SMILES string of the molecule is COCCn1ccc(OC)c(N2C[C@@H](c3c(F)cc(OC)cc3F)C(CNC(C)=O)C2=O)c1=O. The van der Waals surface area contributed by atoms with E-state index >= 15 is 0 Å². The van der Waals surface area contributed by atoms with E-state index in [1.54, 1.807) is 0 Å². The minimum absolute atomic E-state index is 0.0101. The summed E-state index contributed by atoms with van der Waals surface area (Å²) in [6, 6.07) is 3.59. The molecule has 34 heavy (non-hydrogen) atoms. The van der Waals surface area contributed by atoms with Crippen molar-refractivity contribution >= 4 is 17.5 Å². The molecule has 0 bridgehead atoms. The number of nitrogens with zero attached hydrogens (tertiary/aromatic N) is 2. The first-order valence-electron chi connectivity index (χ1n) is 10.6. The lowest BCUT2D eigenvalue weighted by Crippen LogP contribution is -2.37. The van der Waals surface area contributed by atoms with Crippen LogP contribution in [0.3, 0.4) is 0 Å². The molecule has 0 aliphatic carbocycles. The van der Waals surface area contributed by atoms with Crippen molar-refractivity contribution in [3.63, 3.8) is 0 Å². The number of anilines is 1. The van der Waals surface area contributed by atoms with E-state index in [0.29, 0.717) is 0 Å². The highest BCUT2D eigenvalue weighted by atomic mass is 19.1. The van der Waals surface area contributed by atoms with Crippen LogP contribution in [0.1, 0.15) is 18.4 Å². The summed E-state index contributed by atoms with van der Waals surface area (Å²) in [4.78, 5) is 39.4. The van der Waals surface area contributed by atoms with Gasteiger partial charge in [-0.1, -0.05) is 0 Å². The Morgan fingerprint density at radius 2 is 1.82 bits per heavy atom. The number of amides is 2. The van der Waals surface area contributed by atoms with Gasteiger partial charge in [-0.3, -0.25) is 14.4 Å². The largest absolute Gasteiger partial charge is 0.497 e. The first-order chi connectivity index (χ1) is 16.2. The number of halogens is 2. The number of aromatic nitrogens is 1. The van der Waals surface area contributed by atoms with E-state index < -0.39 is 40.8 Å². The maximum Gasteiger partial charge on any atom is 0.278 e. The van der Waals surface area contributed by atoms with Crippen molar-refractivity contribution in [1.82, 2.24) is 9.88 Å². The van der Waals surface area contributed by atoms with Gasteiger partial charge in [0.25, 0.3) is 5.56 Å². The Bertz CT molecular complexity index is 1110. The maximum absolute atomic E-state index is 15.0. The van der Waals surface area contributed by atoms with Crippen molar-refractivity contribution in [2.45, 2.75) is 19.4 Å². The van der Waals surface area contributed by atoms with E-state index in [1.807, 2.05) is 0 Å². The zero-order chi connectivity index (χ0) is 25.0. The molecule has 184 valence electrons. The summed E-state index contributed by atoms with van der Waals surface area (Å²) in [5.74, 6) is -4.61. The number of benzene rings is 1. The number of rotatable bonds is 9. The number of pyridine rings is 1. The molecule has 0 saturated carbocycles. The van der Waals surface area contributed by atoms with E-state index in [1.165, 1.54) is 50.0 Å². The van der Waals surface area contributed by atoms with Gasteiger partial charge in [-0.2, -0.15) is 0 Å². The minimum atomic E-state index is -1.02. The third-order valence-corrected chi connectivity index (χ3v) is 5.81. The molecule has 11 heteroatoms. The third kappa shape index (κ3) is 4.89. The molecule has 1 N–H and O–H groups in total. The molecule has 0 spiro atoms. The number of carbonyl (C=O) groups excluding carboxylic acids is 2. The van der Waals surface area contributed by atoms with Crippen molar-refractivity contribution in [2.24, 2.45) is 5.92 Å². The molecular weight excluding hydrogens is 452 g/mol. The highest BCUT2D eigenvalue weighted by Crippen LogP contribution is 2.40. The van der Waals surface area contributed by atoms with Crippen LogP contribution in [0.25, 0.3) is 0 Å². The second-order valence-electron chi connectivity index (χ2n) is 7.83. The molecule has 3 rings (SSSR count). The lowest BCUT2D eigenvalue weighted by atomic mass is 9.87. The van der Waals surface area contributed by atoms with E-state index in [0.717, 1.165) is 12.1 Å². The summed E-state index contributed by atoms with van der Waals surface area (Å²) in [5.41, 5.74) is -0.878. The molecule has 1 aliphatic rings. The number of hydrogen-bond acceptors (Lipinski definition) is 6. The molecule has 1 aliphatic heterocycles. The Balaban J connectivity index is 2.11. The number of ether oxygens (including phenoxy) is 3. The number of methoxy groups -OCH3 is 3. The van der Waals surface area contributed by atoms with Crippen molar-refractivity contribution < 1.29 is 32.6 Å². The first-order valence-corrected chi connectivity index (χ1v) is 10.6. The van der Waals surface area contributed by atoms with Crippen LogP contribution in [0.2, 0.25) is 0 Å². The quantitative estimate of drug-likeness (QED) is 0.588. The van der Waals surface area contributed by atoms with Gasteiger partial charge in [-0.25, -0.2) is 8.78 Å². The van der Waals surface area contributed by atoms with Gasteiger partial charge in [-0.05, 0) is 6.07 Å². The lowest BCUT2D eigenvalue weighted by molar-refractivity contribution is -0.121. The smallest absolute Gasteiger partial charge is 0.278 e. The number of carbonyl (C=O) groups is 2. The second kappa shape index (κ2) is 10.6. The van der Waals surface area contributed by atoms with Crippen molar-refractivity contribution in [3.8, 4) is 11.5 Å². The Morgan fingerprint density at radius 1 is 1.15 bits per heavy atom. The standard InChI is InChI=1S/C23H27F2N3O6/c1-13(29)26-11-15-16(20-17(24)9-14(33-3)10-18(20)25)12-28(22(15)30)21-19(34-4)5-6-27(23(21)31)7-8-32-2/h5-6,9-10,15-16H,7-8,11-12H2,1-4H3,(H,26,29)/t15?,16-/m1/s1. The molecule has 9 nitrogen and oxygen atoms in total. The Kier molecular flexibility index (Phi) is 7.87. The molecular formula is C23H27F2N3O6. The van der Waals surface area contributed by atoms with E-state index in [-0.39, 0.29) is 49.0 Å². The van der Waals surface area contributed by atoms with Gasteiger partial charge in [0.2, 0.25) is 11.8 Å². The highest BCUT2D eigenvalue weighted by molar-refractivity contribution is 6.00. The highest BCUT2D eigenvalue weighted by Gasteiger charge is 2.45. The monoisotopic (exact) mass is 479 g/mol. The van der Waals surface area contributed by atoms with Gasteiger partial charge in [-0.15, -0.1) is 0 Å². The summed E-state index contributed by atoms with van der Waals surface area (Å²) in [6.07, 6.45) is 1.51. The molecule has 0 radical (unpaired) electrons. The fourth-order valence-corrected chi connectivity index (χ4v) is 4.12. The van der Waals surface area contributed by atoms with Gasteiger partial charge >= 0.3 is 0 Å². The van der Waals surface area contributed by atoms with Gasteiger partial charge in [0.05, 0.1) is 26.7 Å². The van der Waals surface area contributed by atoms with Gasteiger partial charge in [0, 0.05) is 63.5 Å². The van der Waals surface area contributed by atoms with Crippen molar-refractivity contribution in [1.29, 1.82) is 0 Å². The van der Waals surface area contributed by atoms with Crippen LogP contribution in [0.5, 0.6) is 11.5 Å². The average Bonchev–Trinajstić information content (AvgIpc) is 3.11. The molecule has 1 saturated heterocycles. The molecule has 1 fully saturated rings. The number of nitrogens with one attached hydrogen (secondary N) is 1. The van der Waals surface area contributed by atoms with Crippen molar-refractivity contribution in [3.05, 3.63) is 51.9 Å². The van der Waals surface area contributed by atoms with Crippen LogP contribution in [0.4, 0.5) is 14.5 Å². The zero-order valence-electron chi connectivity index (χ0n) is 19.4. The molecule has 2 atom stereocenters. The summed E-state index contributed by atoms with van der Waals surface area (Å²) in [7, 11) is 4.13. The van der Waals surface area contributed by atoms with Crippen LogP contribution in [-0.4, -0.2) is 57.4 Å². The molecule has 2 heterocycles. The Morgan fingerprint density at radius 3 is 2.38 bits per heavy atom. The van der Waals surface area contributed by atoms with Gasteiger partial charge in [0.15, 0.2) is 5.69 Å². The van der Waals surface area contributed by atoms with Gasteiger partial charge in [0.1, 0.15) is 23.1 Å². The van der Waals surface area contributed by atoms with Crippen LogP contribution in [0, 0.1) is 17.6 Å². The summed E-state index contributed by atoms with van der Waals surface area (Å²) in [5, 5.41) is 2.55. The fraction of sp³-hybridized carbons (Fsp3) is 0.435. The molecule has 1 unspecified atom stereocenters.